The molecule has 2 rings (SSSR count). The van der Waals surface area contributed by atoms with Gasteiger partial charge >= 0.3 is 6.18 Å². The van der Waals surface area contributed by atoms with E-state index in [9.17, 15) is 13.2 Å². The SMILES string of the molecule is CCCCn1cc(N)c(-c2ccc(C(F)(F)F)cc2)n1. The highest BCUT2D eigenvalue weighted by Gasteiger charge is 2.30. The van der Waals surface area contributed by atoms with Crippen LogP contribution in [-0.4, -0.2) is 9.78 Å². The minimum atomic E-state index is -4.33. The summed E-state index contributed by atoms with van der Waals surface area (Å²) in [7, 11) is 0. The number of hydrogen-bond acceptors (Lipinski definition) is 2. The lowest BCUT2D eigenvalue weighted by molar-refractivity contribution is -0.137. The molecule has 0 saturated heterocycles. The van der Waals surface area contributed by atoms with Crippen molar-refractivity contribution in [3.63, 3.8) is 0 Å². The van der Waals surface area contributed by atoms with Crippen LogP contribution in [0.25, 0.3) is 11.3 Å². The first-order valence-electron chi connectivity index (χ1n) is 6.42. The average molecular weight is 283 g/mol. The summed E-state index contributed by atoms with van der Waals surface area (Å²) in [6.07, 6.45) is -0.601. The van der Waals surface area contributed by atoms with Crippen LogP contribution in [0.1, 0.15) is 25.3 Å². The largest absolute Gasteiger partial charge is 0.416 e. The van der Waals surface area contributed by atoms with Gasteiger partial charge in [-0.2, -0.15) is 18.3 Å². The Morgan fingerprint density at radius 2 is 1.85 bits per heavy atom. The fourth-order valence-electron chi connectivity index (χ4n) is 1.91. The molecule has 1 aromatic carbocycles. The van der Waals surface area contributed by atoms with E-state index in [1.807, 2.05) is 0 Å². The van der Waals surface area contributed by atoms with Gasteiger partial charge in [0.25, 0.3) is 0 Å². The highest BCUT2D eigenvalue weighted by atomic mass is 19.4. The Morgan fingerprint density at radius 1 is 1.20 bits per heavy atom. The Morgan fingerprint density at radius 3 is 2.40 bits per heavy atom. The quantitative estimate of drug-likeness (QED) is 0.923. The monoisotopic (exact) mass is 283 g/mol. The molecular formula is C14H16F3N3. The van der Waals surface area contributed by atoms with Crippen molar-refractivity contribution in [2.24, 2.45) is 0 Å². The Balaban J connectivity index is 2.25. The molecule has 0 radical (unpaired) electrons. The summed E-state index contributed by atoms with van der Waals surface area (Å²) in [4.78, 5) is 0. The van der Waals surface area contributed by atoms with Crippen LogP contribution in [0.5, 0.6) is 0 Å². The van der Waals surface area contributed by atoms with E-state index in [0.29, 0.717) is 16.9 Å². The van der Waals surface area contributed by atoms with Crippen LogP contribution in [0, 0.1) is 0 Å². The molecule has 108 valence electrons. The van der Waals surface area contributed by atoms with Gasteiger partial charge in [0.1, 0.15) is 5.69 Å². The summed E-state index contributed by atoms with van der Waals surface area (Å²) in [6.45, 7) is 2.82. The van der Waals surface area contributed by atoms with Gasteiger partial charge in [0.05, 0.1) is 11.3 Å². The van der Waals surface area contributed by atoms with Gasteiger partial charge in [0, 0.05) is 18.3 Å². The number of rotatable bonds is 4. The molecule has 1 aromatic heterocycles. The zero-order valence-corrected chi connectivity index (χ0v) is 11.1. The van der Waals surface area contributed by atoms with Gasteiger partial charge in [0.15, 0.2) is 0 Å². The molecule has 0 aliphatic rings. The Kier molecular flexibility index (Phi) is 4.01. The standard InChI is InChI=1S/C14H16F3N3/c1-2-3-8-20-9-12(18)13(19-20)10-4-6-11(7-5-10)14(15,16)17/h4-7,9H,2-3,8,18H2,1H3. The number of unbranched alkanes of at least 4 members (excludes halogenated alkanes) is 1. The third-order valence-corrected chi connectivity index (χ3v) is 3.02. The van der Waals surface area contributed by atoms with E-state index >= 15 is 0 Å². The number of aryl methyl sites for hydroxylation is 1. The summed E-state index contributed by atoms with van der Waals surface area (Å²) in [5.41, 5.74) is 6.77. The van der Waals surface area contributed by atoms with Gasteiger partial charge in [-0.25, -0.2) is 0 Å². The lowest BCUT2D eigenvalue weighted by Gasteiger charge is -2.06. The number of nitrogen functional groups attached to an aromatic ring is 1. The number of benzene rings is 1. The van der Waals surface area contributed by atoms with Crippen molar-refractivity contribution in [3.8, 4) is 11.3 Å². The molecule has 0 fully saturated rings. The summed E-state index contributed by atoms with van der Waals surface area (Å²) in [6, 6.07) is 4.87. The van der Waals surface area contributed by atoms with Crippen LogP contribution >= 0.6 is 0 Å². The van der Waals surface area contributed by atoms with E-state index in [1.165, 1.54) is 12.1 Å². The third-order valence-electron chi connectivity index (χ3n) is 3.02. The molecule has 0 bridgehead atoms. The van der Waals surface area contributed by atoms with E-state index < -0.39 is 11.7 Å². The minimum Gasteiger partial charge on any atom is -0.396 e. The molecule has 2 N–H and O–H groups in total. The highest BCUT2D eigenvalue weighted by Crippen LogP contribution is 2.31. The first kappa shape index (κ1) is 14.4. The van der Waals surface area contributed by atoms with Crippen LogP contribution in [0.4, 0.5) is 18.9 Å². The molecule has 1 heterocycles. The average Bonchev–Trinajstić information content (AvgIpc) is 2.77. The van der Waals surface area contributed by atoms with E-state index in [0.717, 1.165) is 31.5 Å². The normalized spacial score (nSPS) is 11.8. The maximum absolute atomic E-state index is 12.5. The molecule has 0 aliphatic heterocycles. The van der Waals surface area contributed by atoms with Gasteiger partial charge in [0.2, 0.25) is 0 Å². The maximum atomic E-state index is 12.5. The molecule has 0 unspecified atom stereocenters. The second kappa shape index (κ2) is 5.56. The molecule has 6 heteroatoms. The lowest BCUT2D eigenvalue weighted by atomic mass is 10.1. The van der Waals surface area contributed by atoms with Crippen LogP contribution < -0.4 is 5.73 Å². The number of anilines is 1. The van der Waals surface area contributed by atoms with Gasteiger partial charge in [-0.15, -0.1) is 0 Å². The zero-order chi connectivity index (χ0) is 14.8. The van der Waals surface area contributed by atoms with Gasteiger partial charge in [-0.3, -0.25) is 4.68 Å². The molecule has 3 nitrogen and oxygen atoms in total. The number of halogens is 3. The van der Waals surface area contributed by atoms with E-state index in [1.54, 1.807) is 10.9 Å². The van der Waals surface area contributed by atoms with Crippen molar-refractivity contribution in [2.45, 2.75) is 32.5 Å². The molecule has 0 amide bonds. The van der Waals surface area contributed by atoms with Gasteiger partial charge in [-0.1, -0.05) is 25.5 Å². The minimum absolute atomic E-state index is 0.473. The molecular weight excluding hydrogens is 267 g/mol. The Bertz CT molecular complexity index is 570. The maximum Gasteiger partial charge on any atom is 0.416 e. The van der Waals surface area contributed by atoms with E-state index in [-0.39, 0.29) is 0 Å². The van der Waals surface area contributed by atoms with Crippen LogP contribution in [0.3, 0.4) is 0 Å². The lowest BCUT2D eigenvalue weighted by Crippen LogP contribution is -2.04. The number of nitrogens with zero attached hydrogens (tertiary/aromatic N) is 2. The fourth-order valence-corrected chi connectivity index (χ4v) is 1.91. The van der Waals surface area contributed by atoms with Crippen molar-refractivity contribution in [1.29, 1.82) is 0 Å². The van der Waals surface area contributed by atoms with E-state index in [4.69, 9.17) is 5.73 Å². The summed E-state index contributed by atoms with van der Waals surface area (Å²) >= 11 is 0. The van der Waals surface area contributed by atoms with Crippen LogP contribution in [0.15, 0.2) is 30.5 Å². The molecule has 0 aliphatic carbocycles. The number of alkyl halides is 3. The van der Waals surface area contributed by atoms with Crippen LogP contribution in [-0.2, 0) is 12.7 Å². The first-order chi connectivity index (χ1) is 9.41. The topological polar surface area (TPSA) is 43.8 Å². The predicted molar refractivity (Wildman–Crippen MR) is 72.0 cm³/mol. The zero-order valence-electron chi connectivity index (χ0n) is 11.1. The second-order valence-corrected chi connectivity index (χ2v) is 4.62. The highest BCUT2D eigenvalue weighted by molar-refractivity contribution is 5.72. The Labute approximate surface area is 115 Å². The Hall–Kier alpha value is -1.98. The number of hydrogen-bond donors (Lipinski definition) is 1. The number of aromatic nitrogens is 2. The number of nitrogens with two attached hydrogens (primary N) is 1. The smallest absolute Gasteiger partial charge is 0.396 e. The first-order valence-corrected chi connectivity index (χ1v) is 6.42. The molecule has 2 aromatic rings. The summed E-state index contributed by atoms with van der Waals surface area (Å²) < 4.78 is 39.2. The third kappa shape index (κ3) is 3.12. The molecule has 0 atom stereocenters. The molecule has 0 spiro atoms. The fraction of sp³-hybridized carbons (Fsp3) is 0.357. The van der Waals surface area contributed by atoms with Crippen molar-refractivity contribution >= 4 is 5.69 Å². The molecule has 20 heavy (non-hydrogen) atoms. The summed E-state index contributed by atoms with van der Waals surface area (Å²) in [5.74, 6) is 0. The van der Waals surface area contributed by atoms with Crippen molar-refractivity contribution in [3.05, 3.63) is 36.0 Å². The van der Waals surface area contributed by atoms with Crippen LogP contribution in [0.2, 0.25) is 0 Å². The van der Waals surface area contributed by atoms with Crippen molar-refractivity contribution < 1.29 is 13.2 Å². The van der Waals surface area contributed by atoms with Crippen molar-refractivity contribution in [2.75, 3.05) is 5.73 Å². The van der Waals surface area contributed by atoms with Crippen molar-refractivity contribution in [1.82, 2.24) is 9.78 Å². The second-order valence-electron chi connectivity index (χ2n) is 4.62. The molecule has 0 saturated carbocycles. The van der Waals surface area contributed by atoms with Gasteiger partial charge in [-0.05, 0) is 18.6 Å². The predicted octanol–water partition coefficient (Wildman–Crippen LogP) is 3.95. The van der Waals surface area contributed by atoms with Gasteiger partial charge < -0.3 is 5.73 Å². The summed E-state index contributed by atoms with van der Waals surface area (Å²) in [5, 5.41) is 4.32. The van der Waals surface area contributed by atoms with E-state index in [2.05, 4.69) is 12.0 Å².